The molecule has 0 radical (unpaired) electrons. The molecule has 0 aromatic rings. The number of carboxylic acids is 1. The molecule has 0 amide bonds. The van der Waals surface area contributed by atoms with Gasteiger partial charge in [-0.2, -0.15) is 0 Å². The third-order valence-electron chi connectivity index (χ3n) is 2.89. The van der Waals surface area contributed by atoms with Crippen LogP contribution in [0.15, 0.2) is 0 Å². The fourth-order valence-electron chi connectivity index (χ4n) is 2.04. The van der Waals surface area contributed by atoms with Gasteiger partial charge in [-0.25, -0.2) is 0 Å². The molecule has 96 valence electrons. The van der Waals surface area contributed by atoms with Gasteiger partial charge in [0.05, 0.1) is 6.10 Å². The topological polar surface area (TPSA) is 63.6 Å². The molecular formula is C12H19O4P. The quantitative estimate of drug-likeness (QED) is 0.622. The van der Waals surface area contributed by atoms with Gasteiger partial charge >= 0.3 is 5.97 Å². The molecule has 5 heteroatoms. The van der Waals surface area contributed by atoms with Crippen molar-refractivity contribution in [3.05, 3.63) is 0 Å². The summed E-state index contributed by atoms with van der Waals surface area (Å²) >= 11 is 0. The molecule has 17 heavy (non-hydrogen) atoms. The summed E-state index contributed by atoms with van der Waals surface area (Å²) in [5, 5.41) is 9.01. The van der Waals surface area contributed by atoms with Crippen LogP contribution in [-0.4, -0.2) is 29.5 Å². The van der Waals surface area contributed by atoms with Crippen LogP contribution in [-0.2, 0) is 13.9 Å². The van der Waals surface area contributed by atoms with E-state index in [1.807, 2.05) is 0 Å². The molecule has 1 fully saturated rings. The van der Waals surface area contributed by atoms with Gasteiger partial charge in [-0.15, -0.1) is 5.92 Å². The van der Waals surface area contributed by atoms with Crippen LogP contribution in [0.5, 0.6) is 0 Å². The summed E-state index contributed by atoms with van der Waals surface area (Å²) in [5.74, 6) is 3.82. The summed E-state index contributed by atoms with van der Waals surface area (Å²) in [6.45, 7) is 2.92. The molecular weight excluding hydrogens is 239 g/mol. The van der Waals surface area contributed by atoms with Crippen LogP contribution in [0.1, 0.15) is 39.0 Å². The zero-order valence-electron chi connectivity index (χ0n) is 10.3. The second kappa shape index (κ2) is 6.23. The molecule has 1 rings (SSSR count). The number of aliphatic carboxylic acids is 1. The largest absolute Gasteiger partial charge is 0.480 e. The minimum atomic E-state index is -3.22. The maximum absolute atomic E-state index is 12.3. The van der Waals surface area contributed by atoms with Crippen LogP contribution >= 0.6 is 7.37 Å². The van der Waals surface area contributed by atoms with Crippen molar-refractivity contribution in [1.29, 1.82) is 0 Å². The Balaban J connectivity index is 2.72. The number of rotatable bonds is 4. The van der Waals surface area contributed by atoms with Gasteiger partial charge in [0, 0.05) is 6.66 Å². The molecule has 0 heterocycles. The van der Waals surface area contributed by atoms with Crippen LogP contribution < -0.4 is 0 Å². The molecule has 2 unspecified atom stereocenters. The smallest absolute Gasteiger partial charge is 0.328 e. The molecule has 4 nitrogen and oxygen atoms in total. The maximum atomic E-state index is 12.3. The third-order valence-corrected chi connectivity index (χ3v) is 4.90. The van der Waals surface area contributed by atoms with Gasteiger partial charge in [0.1, 0.15) is 0 Å². The lowest BCUT2D eigenvalue weighted by atomic mass is 9.98. The van der Waals surface area contributed by atoms with Gasteiger partial charge < -0.3 is 9.63 Å². The van der Waals surface area contributed by atoms with E-state index in [0.717, 1.165) is 25.7 Å². The molecule has 0 bridgehead atoms. The zero-order valence-corrected chi connectivity index (χ0v) is 11.2. The SMILES string of the molecule is CC#CC(C(=O)O)P(C)(=O)OC1CCCCC1. The standard InChI is InChI=1S/C12H19O4P/c1-3-7-11(12(13)14)17(2,15)16-10-8-5-4-6-9-10/h10-11H,4-6,8-9H2,1-2H3,(H,13,14). The molecule has 1 aliphatic rings. The first-order valence-corrected chi connectivity index (χ1v) is 8.02. The molecule has 0 saturated heterocycles. The highest BCUT2D eigenvalue weighted by Crippen LogP contribution is 2.50. The Morgan fingerprint density at radius 1 is 1.41 bits per heavy atom. The van der Waals surface area contributed by atoms with Crippen molar-refractivity contribution in [1.82, 2.24) is 0 Å². The maximum Gasteiger partial charge on any atom is 0.328 e. The molecule has 1 aliphatic carbocycles. The fourth-order valence-corrected chi connectivity index (χ4v) is 3.73. The second-order valence-electron chi connectivity index (χ2n) is 4.41. The van der Waals surface area contributed by atoms with E-state index in [9.17, 15) is 9.36 Å². The lowest BCUT2D eigenvalue weighted by Crippen LogP contribution is -2.24. The first-order valence-electron chi connectivity index (χ1n) is 5.88. The fraction of sp³-hybridized carbons (Fsp3) is 0.750. The summed E-state index contributed by atoms with van der Waals surface area (Å²) in [4.78, 5) is 11.0. The molecule has 0 aromatic carbocycles. The Morgan fingerprint density at radius 3 is 2.47 bits per heavy atom. The molecule has 2 atom stereocenters. The molecule has 1 saturated carbocycles. The van der Waals surface area contributed by atoms with Crippen molar-refractivity contribution in [2.45, 2.75) is 50.8 Å². The van der Waals surface area contributed by atoms with E-state index in [1.54, 1.807) is 0 Å². The van der Waals surface area contributed by atoms with Gasteiger partial charge in [0.25, 0.3) is 0 Å². The van der Waals surface area contributed by atoms with Gasteiger partial charge in [-0.1, -0.05) is 25.2 Å². The highest BCUT2D eigenvalue weighted by molar-refractivity contribution is 7.60. The summed E-state index contributed by atoms with van der Waals surface area (Å²) in [6, 6.07) is 0. The van der Waals surface area contributed by atoms with Gasteiger partial charge in [-0.3, -0.25) is 9.36 Å². The van der Waals surface area contributed by atoms with E-state index in [1.165, 1.54) is 20.0 Å². The number of hydrogen-bond acceptors (Lipinski definition) is 3. The monoisotopic (exact) mass is 258 g/mol. The van der Waals surface area contributed by atoms with E-state index < -0.39 is 19.0 Å². The molecule has 1 N–H and O–H groups in total. The minimum absolute atomic E-state index is 0.0694. The zero-order chi connectivity index (χ0) is 12.9. The van der Waals surface area contributed by atoms with Crippen molar-refractivity contribution >= 4 is 13.3 Å². The number of carboxylic acid groups (broad SMARTS) is 1. The number of carbonyl (C=O) groups is 1. The molecule has 0 aliphatic heterocycles. The van der Waals surface area contributed by atoms with Crippen LogP contribution in [0, 0.1) is 11.8 Å². The van der Waals surface area contributed by atoms with Crippen molar-refractivity contribution in [3.63, 3.8) is 0 Å². The predicted molar refractivity (Wildman–Crippen MR) is 66.4 cm³/mol. The normalized spacial score (nSPS) is 22.0. The summed E-state index contributed by atoms with van der Waals surface area (Å²) in [7, 11) is -3.22. The van der Waals surface area contributed by atoms with Crippen LogP contribution in [0.25, 0.3) is 0 Å². The van der Waals surface area contributed by atoms with Crippen molar-refractivity contribution in [3.8, 4) is 11.8 Å². The summed E-state index contributed by atoms with van der Waals surface area (Å²) in [5.41, 5.74) is -1.20. The Morgan fingerprint density at radius 2 is 2.00 bits per heavy atom. The van der Waals surface area contributed by atoms with E-state index in [4.69, 9.17) is 9.63 Å². The molecule has 0 spiro atoms. The first-order chi connectivity index (χ1) is 7.97. The van der Waals surface area contributed by atoms with Crippen molar-refractivity contribution in [2.24, 2.45) is 0 Å². The average molecular weight is 258 g/mol. The van der Waals surface area contributed by atoms with Gasteiger partial charge in [-0.05, 0) is 19.8 Å². The summed E-state index contributed by atoms with van der Waals surface area (Å²) in [6.07, 6.45) is 4.95. The third kappa shape index (κ3) is 4.18. The highest BCUT2D eigenvalue weighted by Gasteiger charge is 2.36. The Labute approximate surface area is 102 Å². The van der Waals surface area contributed by atoms with Crippen LogP contribution in [0.3, 0.4) is 0 Å². The predicted octanol–water partition coefficient (Wildman–Crippen LogP) is 2.72. The lowest BCUT2D eigenvalue weighted by Gasteiger charge is -2.27. The highest BCUT2D eigenvalue weighted by atomic mass is 31.2. The Hall–Kier alpha value is -0.780. The van der Waals surface area contributed by atoms with Gasteiger partial charge in [0.15, 0.2) is 5.66 Å². The van der Waals surface area contributed by atoms with Gasteiger partial charge in [0.2, 0.25) is 7.37 Å². The minimum Gasteiger partial charge on any atom is -0.480 e. The van der Waals surface area contributed by atoms with Crippen molar-refractivity contribution < 1.29 is 19.0 Å². The van der Waals surface area contributed by atoms with Crippen LogP contribution in [0.4, 0.5) is 0 Å². The van der Waals surface area contributed by atoms with Crippen molar-refractivity contribution in [2.75, 3.05) is 6.66 Å². The van der Waals surface area contributed by atoms with Crippen LogP contribution in [0.2, 0.25) is 0 Å². The lowest BCUT2D eigenvalue weighted by molar-refractivity contribution is -0.135. The summed E-state index contributed by atoms with van der Waals surface area (Å²) < 4.78 is 17.8. The van der Waals surface area contributed by atoms with E-state index >= 15 is 0 Å². The Kier molecular flexibility index (Phi) is 5.24. The Bertz CT molecular complexity index is 374. The van der Waals surface area contributed by atoms with E-state index in [2.05, 4.69) is 11.8 Å². The first kappa shape index (κ1) is 14.3. The van der Waals surface area contributed by atoms with E-state index in [0.29, 0.717) is 0 Å². The molecule has 0 aromatic heterocycles. The second-order valence-corrected chi connectivity index (χ2v) is 6.95. The van der Waals surface area contributed by atoms with E-state index in [-0.39, 0.29) is 6.10 Å². The average Bonchev–Trinajstić information content (AvgIpc) is 2.26. The number of hydrogen-bond donors (Lipinski definition) is 1.